The summed E-state index contributed by atoms with van der Waals surface area (Å²) in [6.07, 6.45) is 2.03. The van der Waals surface area contributed by atoms with Gasteiger partial charge in [-0.1, -0.05) is 185 Å². The Hall–Kier alpha value is -7.20. The Morgan fingerprint density at radius 1 is 0.394 bits per heavy atom. The van der Waals surface area contributed by atoms with Gasteiger partial charge in [0.2, 0.25) is 0 Å². The molecule has 0 unspecified atom stereocenters. The second-order valence-electron chi connectivity index (χ2n) is 18.0. The predicted molar refractivity (Wildman–Crippen MR) is 287 cm³/mol. The molecule has 0 spiro atoms. The van der Waals surface area contributed by atoms with Crippen molar-refractivity contribution in [2.45, 2.75) is 58.9 Å². The van der Waals surface area contributed by atoms with Crippen LogP contribution in [0.5, 0.6) is 0 Å². The lowest BCUT2D eigenvalue weighted by Crippen LogP contribution is -2.42. The average Bonchev–Trinajstić information content (AvgIpc) is 3.78. The minimum absolute atomic E-state index is 0.0734. The third kappa shape index (κ3) is 8.21. The van der Waals surface area contributed by atoms with Gasteiger partial charge in [-0.05, 0) is 136 Å². The Balaban J connectivity index is 1.10. The highest BCUT2D eigenvalue weighted by atomic mass is 32.1. The fourth-order valence-electron chi connectivity index (χ4n) is 9.55. The van der Waals surface area contributed by atoms with Gasteiger partial charge < -0.3 is 9.80 Å². The van der Waals surface area contributed by atoms with Crippen molar-refractivity contribution < 1.29 is 0 Å². The summed E-state index contributed by atoms with van der Waals surface area (Å²) in [6.45, 7) is 11.5. The fourth-order valence-corrected chi connectivity index (χ4v) is 10.9. The number of benzene rings is 9. The van der Waals surface area contributed by atoms with E-state index in [1.165, 1.54) is 81.6 Å². The van der Waals surface area contributed by atoms with Crippen molar-refractivity contribution in [1.29, 1.82) is 0 Å². The third-order valence-electron chi connectivity index (χ3n) is 13.7. The maximum Gasteiger partial charge on any atom is 0.0468 e. The number of thiophene rings is 1. The molecule has 0 atom stereocenters. The summed E-state index contributed by atoms with van der Waals surface area (Å²) in [5.41, 5.74) is 14.4. The van der Waals surface area contributed by atoms with Crippen molar-refractivity contribution in [3.05, 3.63) is 224 Å². The van der Waals surface area contributed by atoms with E-state index < -0.39 is 0 Å². The van der Waals surface area contributed by atoms with E-state index in [1.54, 1.807) is 0 Å². The smallest absolute Gasteiger partial charge is 0.0468 e. The summed E-state index contributed by atoms with van der Waals surface area (Å²) < 4.78 is 0. The molecule has 2 nitrogen and oxygen atoms in total. The highest BCUT2D eigenvalue weighted by Gasteiger charge is 2.31. The molecule has 66 heavy (non-hydrogen) atoms. The maximum absolute atomic E-state index is 2.56. The van der Waals surface area contributed by atoms with Gasteiger partial charge in [0.25, 0.3) is 0 Å². The molecule has 9 aromatic carbocycles. The number of nitrogens with zero attached hydrogens (tertiary/aromatic N) is 2. The Morgan fingerprint density at radius 2 is 0.788 bits per heavy atom. The van der Waals surface area contributed by atoms with Crippen LogP contribution in [0.1, 0.15) is 58.9 Å². The second-order valence-corrected chi connectivity index (χ2v) is 19.0. The van der Waals surface area contributed by atoms with E-state index in [4.69, 9.17) is 0 Å². The van der Waals surface area contributed by atoms with E-state index in [-0.39, 0.29) is 5.54 Å². The van der Waals surface area contributed by atoms with Gasteiger partial charge in [0.05, 0.1) is 0 Å². The number of hydrogen-bond donors (Lipinski definition) is 0. The Morgan fingerprint density at radius 3 is 1.27 bits per heavy atom. The van der Waals surface area contributed by atoms with Crippen LogP contribution in [-0.2, 0) is 0 Å². The summed E-state index contributed by atoms with van der Waals surface area (Å²) in [5, 5.41) is 4.95. The van der Waals surface area contributed by atoms with Crippen LogP contribution in [0.15, 0.2) is 218 Å². The van der Waals surface area contributed by atoms with Gasteiger partial charge in [0.1, 0.15) is 0 Å². The van der Waals surface area contributed by atoms with E-state index in [9.17, 15) is 0 Å². The largest absolute Gasteiger partial charge is 0.336 e. The molecular weight excluding hydrogens is 817 g/mol. The SMILES string of the molecule is CCC(C)(CC)N(c1ccc(N(c2ccc(-c3sc(-c4ccc(C(C)C)cc4)c(-c4ccccc4)c3-c3ccccc3)cc2)c2ccc3ccccc3c2)cc1)c1ccc2ccccc2c1. The molecule has 0 N–H and O–H groups in total. The highest BCUT2D eigenvalue weighted by Crippen LogP contribution is 2.52. The van der Waals surface area contributed by atoms with E-state index in [1.807, 2.05) is 11.3 Å². The van der Waals surface area contributed by atoms with Crippen LogP contribution in [0.4, 0.5) is 28.4 Å². The number of anilines is 5. The van der Waals surface area contributed by atoms with Crippen molar-refractivity contribution in [1.82, 2.24) is 0 Å². The molecule has 0 saturated carbocycles. The Kier molecular flexibility index (Phi) is 11.9. The molecule has 0 amide bonds. The second kappa shape index (κ2) is 18.4. The lowest BCUT2D eigenvalue weighted by Gasteiger charge is -2.42. The summed E-state index contributed by atoms with van der Waals surface area (Å²) in [5.74, 6) is 0.472. The quantitative estimate of drug-likeness (QED) is 0.114. The van der Waals surface area contributed by atoms with Crippen LogP contribution >= 0.6 is 11.3 Å². The summed E-state index contributed by atoms with van der Waals surface area (Å²) >= 11 is 1.89. The zero-order valence-corrected chi connectivity index (χ0v) is 39.4. The summed E-state index contributed by atoms with van der Waals surface area (Å²) in [6, 6.07) is 80.6. The van der Waals surface area contributed by atoms with Gasteiger partial charge >= 0.3 is 0 Å². The van der Waals surface area contributed by atoms with E-state index in [0.717, 1.165) is 29.9 Å². The van der Waals surface area contributed by atoms with Gasteiger partial charge in [0, 0.05) is 54.9 Å². The summed E-state index contributed by atoms with van der Waals surface area (Å²) in [4.78, 5) is 7.51. The van der Waals surface area contributed by atoms with Crippen molar-refractivity contribution in [2.75, 3.05) is 9.80 Å². The average molecular weight is 873 g/mol. The first-order chi connectivity index (χ1) is 32.3. The molecule has 0 bridgehead atoms. The highest BCUT2D eigenvalue weighted by molar-refractivity contribution is 7.20. The molecule has 1 heterocycles. The monoisotopic (exact) mass is 872 g/mol. The molecule has 0 fully saturated rings. The molecular formula is C63H56N2S. The minimum atomic E-state index is -0.0734. The minimum Gasteiger partial charge on any atom is -0.336 e. The molecule has 324 valence electrons. The van der Waals surface area contributed by atoms with Crippen LogP contribution < -0.4 is 9.80 Å². The van der Waals surface area contributed by atoms with Gasteiger partial charge in [0.15, 0.2) is 0 Å². The zero-order chi connectivity index (χ0) is 45.2. The Bertz CT molecular complexity index is 3230. The van der Waals surface area contributed by atoms with Gasteiger partial charge in [-0.25, -0.2) is 0 Å². The number of rotatable bonds is 13. The van der Waals surface area contributed by atoms with Crippen molar-refractivity contribution in [3.8, 4) is 43.1 Å². The first-order valence-electron chi connectivity index (χ1n) is 23.5. The molecule has 1 aromatic heterocycles. The van der Waals surface area contributed by atoms with Crippen LogP contribution in [0.25, 0.3) is 64.7 Å². The lowest BCUT2D eigenvalue weighted by molar-refractivity contribution is 0.428. The molecule has 10 rings (SSSR count). The molecule has 3 heteroatoms. The van der Waals surface area contributed by atoms with Gasteiger partial charge in [-0.15, -0.1) is 11.3 Å². The first kappa shape index (κ1) is 42.7. The maximum atomic E-state index is 2.56. The Labute approximate surface area is 395 Å². The topological polar surface area (TPSA) is 6.48 Å². The molecule has 0 aliphatic carbocycles. The fraction of sp³-hybridized carbons (Fsp3) is 0.143. The molecule has 0 aliphatic rings. The van der Waals surface area contributed by atoms with Crippen LogP contribution in [0.2, 0.25) is 0 Å². The predicted octanol–water partition coefficient (Wildman–Crippen LogP) is 19.0. The standard InChI is InChI=1S/C63H56N2S/c1-6-63(5,7-2)65(58-37-31-47-19-15-17-25-53(47)43-58)56-40-38-55(39-41-56)64(57-36-30-46-18-14-16-24-52(46)42-57)54-34-32-51(33-35-54)62-60(49-22-12-9-13-23-49)59(48-20-10-8-11-21-48)61(66-62)50-28-26-45(27-29-50)44(3)4/h8-44H,6-7H2,1-5H3. The van der Waals surface area contributed by atoms with E-state index >= 15 is 0 Å². The zero-order valence-electron chi connectivity index (χ0n) is 38.6. The molecule has 10 aromatic rings. The first-order valence-corrected chi connectivity index (χ1v) is 24.3. The van der Waals surface area contributed by atoms with Crippen molar-refractivity contribution in [2.24, 2.45) is 0 Å². The number of hydrogen-bond acceptors (Lipinski definition) is 3. The van der Waals surface area contributed by atoms with Gasteiger partial charge in [-0.3, -0.25) is 0 Å². The lowest BCUT2D eigenvalue weighted by atomic mass is 9.91. The van der Waals surface area contributed by atoms with Crippen molar-refractivity contribution in [3.63, 3.8) is 0 Å². The molecule has 0 aliphatic heterocycles. The third-order valence-corrected chi connectivity index (χ3v) is 15.0. The van der Waals surface area contributed by atoms with E-state index in [2.05, 4.69) is 263 Å². The van der Waals surface area contributed by atoms with E-state index in [0.29, 0.717) is 5.92 Å². The molecule has 0 radical (unpaired) electrons. The number of fused-ring (bicyclic) bond motifs is 2. The van der Waals surface area contributed by atoms with Crippen LogP contribution in [0.3, 0.4) is 0 Å². The van der Waals surface area contributed by atoms with Crippen LogP contribution in [-0.4, -0.2) is 5.54 Å². The summed E-state index contributed by atoms with van der Waals surface area (Å²) in [7, 11) is 0. The molecule has 0 saturated heterocycles. The van der Waals surface area contributed by atoms with Crippen molar-refractivity contribution >= 4 is 61.3 Å². The van der Waals surface area contributed by atoms with Gasteiger partial charge in [-0.2, -0.15) is 0 Å². The normalized spacial score (nSPS) is 11.7. The van der Waals surface area contributed by atoms with Crippen LogP contribution in [0, 0.1) is 0 Å².